The molecule has 8 heteroatoms. The Balaban J connectivity index is 1.40. The van der Waals surface area contributed by atoms with Crippen LogP contribution in [0, 0.1) is 6.92 Å². The molecule has 3 amide bonds. The van der Waals surface area contributed by atoms with Gasteiger partial charge in [0.1, 0.15) is 13.2 Å². The Morgan fingerprint density at radius 1 is 0.973 bits per heavy atom. The van der Waals surface area contributed by atoms with Crippen LogP contribution in [0.4, 0.5) is 10.5 Å². The first-order valence-electron chi connectivity index (χ1n) is 11.9. The number of nitrogens with one attached hydrogen (secondary N) is 1. The van der Waals surface area contributed by atoms with Crippen molar-refractivity contribution in [2.24, 2.45) is 0 Å². The lowest BCUT2D eigenvalue weighted by Crippen LogP contribution is -2.36. The van der Waals surface area contributed by atoms with E-state index in [1.807, 2.05) is 50.2 Å². The minimum Gasteiger partial charge on any atom is -0.493 e. The van der Waals surface area contributed by atoms with E-state index in [0.29, 0.717) is 29.4 Å². The molecule has 7 nitrogen and oxygen atoms in total. The molecular formula is C29H28N2O5S. The fourth-order valence-corrected chi connectivity index (χ4v) is 4.53. The molecule has 1 heterocycles. The number of hydrogen-bond acceptors (Lipinski definition) is 6. The second kappa shape index (κ2) is 11.8. The van der Waals surface area contributed by atoms with Crippen LogP contribution in [-0.2, 0) is 22.6 Å². The number of hydrogen-bond donors (Lipinski definition) is 1. The smallest absolute Gasteiger partial charge is 0.294 e. The summed E-state index contributed by atoms with van der Waals surface area (Å²) in [7, 11) is 1.54. The third-order valence-corrected chi connectivity index (χ3v) is 6.73. The number of carbonyl (C=O) groups is 3. The zero-order valence-electron chi connectivity index (χ0n) is 20.9. The van der Waals surface area contributed by atoms with Crippen LogP contribution in [0.25, 0.3) is 6.08 Å². The maximum absolute atomic E-state index is 12.9. The summed E-state index contributed by atoms with van der Waals surface area (Å²) in [5.41, 5.74) is 4.65. The molecule has 1 N–H and O–H groups in total. The first-order valence-corrected chi connectivity index (χ1v) is 12.7. The summed E-state index contributed by atoms with van der Waals surface area (Å²) in [5.74, 6) is 0.125. The number of carbonyl (C=O) groups excluding carboxylic acids is 3. The van der Waals surface area contributed by atoms with Gasteiger partial charge in [-0.3, -0.25) is 19.3 Å². The van der Waals surface area contributed by atoms with Gasteiger partial charge in [-0.2, -0.15) is 0 Å². The van der Waals surface area contributed by atoms with Gasteiger partial charge < -0.3 is 14.8 Å². The molecule has 3 aromatic rings. The minimum absolute atomic E-state index is 0.237. The van der Waals surface area contributed by atoms with Crippen LogP contribution < -0.4 is 14.8 Å². The summed E-state index contributed by atoms with van der Waals surface area (Å²) in [6.07, 6.45) is 2.50. The van der Waals surface area contributed by atoms with Gasteiger partial charge in [0.05, 0.1) is 12.0 Å². The van der Waals surface area contributed by atoms with Gasteiger partial charge in [0.2, 0.25) is 5.91 Å². The van der Waals surface area contributed by atoms with Gasteiger partial charge in [0.15, 0.2) is 11.5 Å². The minimum atomic E-state index is -0.509. The molecule has 3 aromatic carbocycles. The Bertz CT molecular complexity index is 1330. The highest BCUT2D eigenvalue weighted by molar-refractivity contribution is 8.18. The molecule has 0 saturated carbocycles. The zero-order valence-corrected chi connectivity index (χ0v) is 21.8. The predicted molar refractivity (Wildman–Crippen MR) is 146 cm³/mol. The largest absolute Gasteiger partial charge is 0.493 e. The van der Waals surface area contributed by atoms with E-state index in [4.69, 9.17) is 9.47 Å². The number of ether oxygens (including phenoxy) is 2. The van der Waals surface area contributed by atoms with Gasteiger partial charge in [-0.25, -0.2) is 0 Å². The molecule has 0 aromatic heterocycles. The molecule has 190 valence electrons. The van der Waals surface area contributed by atoms with Crippen molar-refractivity contribution in [3.8, 4) is 11.5 Å². The average molecular weight is 517 g/mol. The summed E-state index contributed by atoms with van der Waals surface area (Å²) < 4.78 is 11.4. The monoisotopic (exact) mass is 516 g/mol. The fourth-order valence-electron chi connectivity index (χ4n) is 3.69. The second-order valence-corrected chi connectivity index (χ2v) is 9.54. The molecule has 1 saturated heterocycles. The SMILES string of the molecule is CCc1ccc(NC(=O)CN2C(=O)S/C(=C/c3ccc(OCc4ccc(C)cc4)c(OC)c3)C2=O)cc1. The Hall–Kier alpha value is -4.04. The number of rotatable bonds is 9. The second-order valence-electron chi connectivity index (χ2n) is 8.55. The standard InChI is InChI=1S/C29H28N2O5S/c1-4-20-9-12-23(13-10-20)30-27(32)17-31-28(33)26(37-29(31)34)16-22-11-14-24(25(15-22)35-3)36-18-21-7-5-19(2)6-8-21/h5-16H,4,17-18H2,1-3H3,(H,30,32)/b26-16+. The van der Waals surface area contributed by atoms with E-state index in [-0.39, 0.29) is 11.4 Å². The zero-order chi connectivity index (χ0) is 26.4. The number of benzene rings is 3. The summed E-state index contributed by atoms with van der Waals surface area (Å²) in [4.78, 5) is 39.0. The topological polar surface area (TPSA) is 84.9 Å². The Labute approximate surface area is 220 Å². The van der Waals surface area contributed by atoms with Crippen LogP contribution in [0.2, 0.25) is 0 Å². The number of aryl methyl sites for hydroxylation is 2. The van der Waals surface area contributed by atoms with Gasteiger partial charge in [-0.1, -0.05) is 55.0 Å². The number of thioether (sulfide) groups is 1. The van der Waals surface area contributed by atoms with Crippen LogP contribution in [0.15, 0.2) is 71.6 Å². The van der Waals surface area contributed by atoms with Crippen molar-refractivity contribution < 1.29 is 23.9 Å². The number of amides is 3. The van der Waals surface area contributed by atoms with Crippen molar-refractivity contribution in [2.75, 3.05) is 19.0 Å². The van der Waals surface area contributed by atoms with Gasteiger partial charge in [0.25, 0.3) is 11.1 Å². The molecule has 0 atom stereocenters. The van der Waals surface area contributed by atoms with E-state index in [9.17, 15) is 14.4 Å². The number of anilines is 1. The predicted octanol–water partition coefficient (Wildman–Crippen LogP) is 5.82. The van der Waals surface area contributed by atoms with E-state index in [0.717, 1.165) is 34.2 Å². The summed E-state index contributed by atoms with van der Waals surface area (Å²) in [6.45, 7) is 4.11. The van der Waals surface area contributed by atoms with Gasteiger partial charge >= 0.3 is 0 Å². The van der Waals surface area contributed by atoms with Gasteiger partial charge in [0, 0.05) is 5.69 Å². The normalized spacial score (nSPS) is 14.2. The number of nitrogens with zero attached hydrogens (tertiary/aromatic N) is 1. The van der Waals surface area contributed by atoms with Crippen LogP contribution in [0.3, 0.4) is 0 Å². The maximum atomic E-state index is 12.9. The van der Waals surface area contributed by atoms with E-state index in [1.165, 1.54) is 5.56 Å². The van der Waals surface area contributed by atoms with Crippen molar-refractivity contribution in [1.29, 1.82) is 0 Å². The summed E-state index contributed by atoms with van der Waals surface area (Å²) >= 11 is 0.803. The third-order valence-electron chi connectivity index (χ3n) is 5.82. The molecule has 0 unspecified atom stereocenters. The van der Waals surface area contributed by atoms with Gasteiger partial charge in [-0.05, 0) is 72.1 Å². The molecule has 1 fully saturated rings. The third kappa shape index (κ3) is 6.59. The van der Waals surface area contributed by atoms with Crippen molar-refractivity contribution in [3.63, 3.8) is 0 Å². The highest BCUT2D eigenvalue weighted by atomic mass is 32.2. The molecule has 0 radical (unpaired) electrons. The Morgan fingerprint density at radius 2 is 1.68 bits per heavy atom. The molecule has 0 spiro atoms. The molecule has 1 aliphatic rings. The molecule has 4 rings (SSSR count). The highest BCUT2D eigenvalue weighted by Gasteiger charge is 2.36. The molecule has 1 aliphatic heterocycles. The van der Waals surface area contributed by atoms with E-state index >= 15 is 0 Å². The maximum Gasteiger partial charge on any atom is 0.294 e. The lowest BCUT2D eigenvalue weighted by atomic mass is 10.1. The number of methoxy groups -OCH3 is 1. The van der Waals surface area contributed by atoms with Crippen LogP contribution in [0.1, 0.15) is 29.2 Å². The first-order chi connectivity index (χ1) is 17.9. The quantitative estimate of drug-likeness (QED) is 0.361. The van der Waals surface area contributed by atoms with Crippen molar-refractivity contribution in [2.45, 2.75) is 26.9 Å². The Kier molecular flexibility index (Phi) is 8.30. The van der Waals surface area contributed by atoms with Crippen LogP contribution >= 0.6 is 11.8 Å². The van der Waals surface area contributed by atoms with Crippen LogP contribution in [-0.4, -0.2) is 35.6 Å². The highest BCUT2D eigenvalue weighted by Crippen LogP contribution is 2.34. The summed E-state index contributed by atoms with van der Waals surface area (Å²) in [5, 5.41) is 2.24. The molecular weight excluding hydrogens is 488 g/mol. The van der Waals surface area contributed by atoms with E-state index in [1.54, 1.807) is 43.5 Å². The Morgan fingerprint density at radius 3 is 2.35 bits per heavy atom. The van der Waals surface area contributed by atoms with Crippen molar-refractivity contribution in [3.05, 3.63) is 93.9 Å². The van der Waals surface area contributed by atoms with Gasteiger partial charge in [-0.15, -0.1) is 0 Å². The van der Waals surface area contributed by atoms with Crippen LogP contribution in [0.5, 0.6) is 11.5 Å². The average Bonchev–Trinajstić information content (AvgIpc) is 3.16. The first kappa shape index (κ1) is 26.0. The molecule has 0 bridgehead atoms. The molecule has 37 heavy (non-hydrogen) atoms. The van der Waals surface area contributed by atoms with Crippen molar-refractivity contribution in [1.82, 2.24) is 4.90 Å². The number of imide groups is 1. The lowest BCUT2D eigenvalue weighted by molar-refractivity contribution is -0.127. The lowest BCUT2D eigenvalue weighted by Gasteiger charge is -2.13. The van der Waals surface area contributed by atoms with Crippen molar-refractivity contribution >= 4 is 40.6 Å². The summed E-state index contributed by atoms with van der Waals surface area (Å²) in [6, 6.07) is 20.8. The fraction of sp³-hybridized carbons (Fsp3) is 0.207. The van der Waals surface area contributed by atoms with E-state index in [2.05, 4.69) is 5.32 Å². The van der Waals surface area contributed by atoms with E-state index < -0.39 is 17.1 Å². The molecule has 0 aliphatic carbocycles.